The van der Waals surface area contributed by atoms with Crippen molar-refractivity contribution in [1.82, 2.24) is 15.6 Å². The van der Waals surface area contributed by atoms with Crippen molar-refractivity contribution in [2.45, 2.75) is 19.3 Å². The molecule has 0 spiro atoms. The van der Waals surface area contributed by atoms with Crippen LogP contribution in [0.25, 0.3) is 0 Å². The standard InChI is InChI=1S/C14H21N5O.HI/c15-14(19-9-11-3-1-4-11)18-8-7-17-13(20)12-5-2-6-16-10-12;/h2,5-6,10-11H,1,3-4,7-9H2,(H,17,20)(H3,15,18,19);1H. The summed E-state index contributed by atoms with van der Waals surface area (Å²) in [4.78, 5) is 19.9. The first-order valence-electron chi connectivity index (χ1n) is 6.97. The van der Waals surface area contributed by atoms with E-state index in [0.29, 0.717) is 30.5 Å². The number of halogens is 1. The predicted molar refractivity (Wildman–Crippen MR) is 93.8 cm³/mol. The van der Waals surface area contributed by atoms with E-state index in [1.165, 1.54) is 25.5 Å². The third kappa shape index (κ3) is 6.28. The van der Waals surface area contributed by atoms with E-state index in [0.717, 1.165) is 6.54 Å². The number of carbonyl (C=O) groups excluding carboxylic acids is 1. The maximum Gasteiger partial charge on any atom is 0.252 e. The summed E-state index contributed by atoms with van der Waals surface area (Å²) >= 11 is 0. The third-order valence-corrected chi connectivity index (χ3v) is 3.38. The molecule has 0 saturated heterocycles. The topological polar surface area (TPSA) is 92.4 Å². The van der Waals surface area contributed by atoms with Crippen LogP contribution in [-0.4, -0.2) is 36.5 Å². The number of hydrogen-bond donors (Lipinski definition) is 3. The zero-order chi connectivity index (χ0) is 14.2. The van der Waals surface area contributed by atoms with Crippen LogP contribution in [0.5, 0.6) is 0 Å². The minimum Gasteiger partial charge on any atom is -0.370 e. The van der Waals surface area contributed by atoms with Gasteiger partial charge in [-0.05, 0) is 30.9 Å². The summed E-state index contributed by atoms with van der Waals surface area (Å²) in [6.07, 6.45) is 7.01. The first-order chi connectivity index (χ1) is 9.75. The summed E-state index contributed by atoms with van der Waals surface area (Å²) in [7, 11) is 0. The van der Waals surface area contributed by atoms with E-state index in [4.69, 9.17) is 5.73 Å². The number of carbonyl (C=O) groups is 1. The second-order valence-corrected chi connectivity index (χ2v) is 4.95. The lowest BCUT2D eigenvalue weighted by molar-refractivity contribution is 0.0954. The maximum atomic E-state index is 11.7. The van der Waals surface area contributed by atoms with Crippen LogP contribution in [0.2, 0.25) is 0 Å². The van der Waals surface area contributed by atoms with E-state index < -0.39 is 0 Å². The van der Waals surface area contributed by atoms with Crippen molar-refractivity contribution in [3.8, 4) is 0 Å². The van der Waals surface area contributed by atoms with Crippen molar-refractivity contribution in [2.75, 3.05) is 19.6 Å². The van der Waals surface area contributed by atoms with Crippen LogP contribution >= 0.6 is 24.0 Å². The Bertz CT molecular complexity index is 462. The molecule has 1 aromatic rings. The van der Waals surface area contributed by atoms with Crippen LogP contribution in [-0.2, 0) is 0 Å². The van der Waals surface area contributed by atoms with Gasteiger partial charge >= 0.3 is 0 Å². The molecule has 7 heteroatoms. The highest BCUT2D eigenvalue weighted by molar-refractivity contribution is 14.0. The first kappa shape index (κ1) is 17.7. The van der Waals surface area contributed by atoms with Gasteiger partial charge in [0.2, 0.25) is 0 Å². The fourth-order valence-electron chi connectivity index (χ4n) is 1.92. The van der Waals surface area contributed by atoms with E-state index in [-0.39, 0.29) is 29.9 Å². The zero-order valence-electron chi connectivity index (χ0n) is 11.9. The average Bonchev–Trinajstić information content (AvgIpc) is 2.42. The van der Waals surface area contributed by atoms with Crippen LogP contribution in [0.1, 0.15) is 29.6 Å². The number of nitrogens with one attached hydrogen (secondary N) is 2. The summed E-state index contributed by atoms with van der Waals surface area (Å²) in [6.45, 7) is 1.86. The van der Waals surface area contributed by atoms with Gasteiger partial charge in [-0.1, -0.05) is 6.42 Å². The monoisotopic (exact) mass is 403 g/mol. The molecule has 6 nitrogen and oxygen atoms in total. The Kier molecular flexibility index (Phi) is 8.03. The smallest absolute Gasteiger partial charge is 0.252 e. The van der Waals surface area contributed by atoms with Crippen molar-refractivity contribution in [3.63, 3.8) is 0 Å². The number of nitrogens with zero attached hydrogens (tertiary/aromatic N) is 2. The summed E-state index contributed by atoms with van der Waals surface area (Å²) in [5, 5.41) is 5.78. The molecule has 0 unspecified atom stereocenters. The van der Waals surface area contributed by atoms with Crippen molar-refractivity contribution in [2.24, 2.45) is 16.6 Å². The summed E-state index contributed by atoms with van der Waals surface area (Å²) < 4.78 is 0. The lowest BCUT2D eigenvalue weighted by atomic mass is 9.86. The predicted octanol–water partition coefficient (Wildman–Crippen LogP) is 1.13. The normalized spacial score (nSPS) is 14.8. The number of aromatic nitrogens is 1. The van der Waals surface area contributed by atoms with Crippen LogP contribution in [0.15, 0.2) is 29.5 Å². The highest BCUT2D eigenvalue weighted by atomic mass is 127. The molecular formula is C14H22IN5O. The molecule has 0 atom stereocenters. The van der Waals surface area contributed by atoms with E-state index in [2.05, 4.69) is 20.6 Å². The molecule has 116 valence electrons. The largest absolute Gasteiger partial charge is 0.370 e. The number of pyridine rings is 1. The van der Waals surface area contributed by atoms with Gasteiger partial charge in [-0.2, -0.15) is 0 Å². The Morgan fingerprint density at radius 2 is 2.14 bits per heavy atom. The van der Waals surface area contributed by atoms with Gasteiger partial charge in [0.15, 0.2) is 5.96 Å². The number of aliphatic imine (C=N–C) groups is 1. The summed E-state index contributed by atoms with van der Waals surface area (Å²) in [5.74, 6) is 1.03. The van der Waals surface area contributed by atoms with Gasteiger partial charge in [0.25, 0.3) is 5.91 Å². The molecule has 1 fully saturated rings. The lowest BCUT2D eigenvalue weighted by Crippen LogP contribution is -2.38. The first-order valence-corrected chi connectivity index (χ1v) is 6.97. The van der Waals surface area contributed by atoms with Crippen molar-refractivity contribution >= 4 is 35.8 Å². The Hall–Kier alpha value is -1.38. The molecule has 1 heterocycles. The molecule has 0 bridgehead atoms. The van der Waals surface area contributed by atoms with Gasteiger partial charge in [-0.25, -0.2) is 0 Å². The summed E-state index contributed by atoms with van der Waals surface area (Å²) in [5.41, 5.74) is 6.30. The van der Waals surface area contributed by atoms with Gasteiger partial charge in [0, 0.05) is 32.0 Å². The summed E-state index contributed by atoms with van der Waals surface area (Å²) in [6, 6.07) is 3.46. The molecule has 1 aliphatic carbocycles. The Morgan fingerprint density at radius 3 is 2.76 bits per heavy atom. The minimum atomic E-state index is -0.134. The van der Waals surface area contributed by atoms with Gasteiger partial charge in [0.1, 0.15) is 0 Å². The number of nitrogens with two attached hydrogens (primary N) is 1. The number of hydrogen-bond acceptors (Lipinski definition) is 3. The van der Waals surface area contributed by atoms with Gasteiger partial charge in [-0.15, -0.1) is 24.0 Å². The number of rotatable bonds is 6. The van der Waals surface area contributed by atoms with E-state index in [1.807, 2.05) is 0 Å². The van der Waals surface area contributed by atoms with Crippen molar-refractivity contribution in [3.05, 3.63) is 30.1 Å². The average molecular weight is 403 g/mol. The van der Waals surface area contributed by atoms with Crippen LogP contribution < -0.4 is 16.4 Å². The lowest BCUT2D eigenvalue weighted by Gasteiger charge is -2.23. The van der Waals surface area contributed by atoms with E-state index in [1.54, 1.807) is 18.3 Å². The molecule has 0 aliphatic heterocycles. The quantitative estimate of drug-likeness (QED) is 0.288. The fraction of sp³-hybridized carbons (Fsp3) is 0.500. The Balaban J connectivity index is 0.00000220. The second-order valence-electron chi connectivity index (χ2n) is 4.95. The molecule has 1 saturated carbocycles. The van der Waals surface area contributed by atoms with E-state index in [9.17, 15) is 4.79 Å². The molecule has 0 radical (unpaired) electrons. The zero-order valence-corrected chi connectivity index (χ0v) is 14.2. The molecule has 0 aromatic carbocycles. The fourth-order valence-corrected chi connectivity index (χ4v) is 1.92. The highest BCUT2D eigenvalue weighted by Crippen LogP contribution is 2.26. The molecule has 1 amide bonds. The van der Waals surface area contributed by atoms with Gasteiger partial charge in [0.05, 0.1) is 5.56 Å². The highest BCUT2D eigenvalue weighted by Gasteiger charge is 2.16. The number of amides is 1. The van der Waals surface area contributed by atoms with Crippen molar-refractivity contribution in [1.29, 1.82) is 0 Å². The third-order valence-electron chi connectivity index (χ3n) is 3.38. The SMILES string of the molecule is I.NC(=NCC1CCC1)NCCNC(=O)c1cccnc1. The van der Waals surface area contributed by atoms with Gasteiger partial charge < -0.3 is 16.4 Å². The maximum absolute atomic E-state index is 11.7. The Labute approximate surface area is 142 Å². The van der Waals surface area contributed by atoms with Crippen molar-refractivity contribution < 1.29 is 4.79 Å². The molecule has 21 heavy (non-hydrogen) atoms. The molecule has 1 aliphatic rings. The van der Waals surface area contributed by atoms with Gasteiger partial charge in [-0.3, -0.25) is 14.8 Å². The Morgan fingerprint density at radius 1 is 1.38 bits per heavy atom. The number of guanidine groups is 1. The van der Waals surface area contributed by atoms with Crippen LogP contribution in [0.4, 0.5) is 0 Å². The molecular weight excluding hydrogens is 381 g/mol. The second kappa shape index (κ2) is 9.54. The van der Waals surface area contributed by atoms with E-state index >= 15 is 0 Å². The molecule has 4 N–H and O–H groups in total. The molecule has 1 aromatic heterocycles. The minimum absolute atomic E-state index is 0. The van der Waals surface area contributed by atoms with Crippen LogP contribution in [0, 0.1) is 5.92 Å². The molecule has 2 rings (SSSR count). The van der Waals surface area contributed by atoms with Crippen LogP contribution in [0.3, 0.4) is 0 Å².